The van der Waals surface area contributed by atoms with Gasteiger partial charge >= 0.3 is 0 Å². The molecule has 0 fully saturated rings. The summed E-state index contributed by atoms with van der Waals surface area (Å²) in [6, 6.07) is 16.0. The van der Waals surface area contributed by atoms with Gasteiger partial charge in [-0.25, -0.2) is 14.4 Å². The van der Waals surface area contributed by atoms with Crippen LogP contribution in [-0.2, 0) is 6.42 Å². The molecule has 2 aromatic carbocycles. The van der Waals surface area contributed by atoms with Gasteiger partial charge in [0, 0.05) is 12.6 Å². The average Bonchev–Trinajstić information content (AvgIpc) is 2.59. The van der Waals surface area contributed by atoms with Crippen LogP contribution in [0.3, 0.4) is 0 Å². The summed E-state index contributed by atoms with van der Waals surface area (Å²) >= 11 is 6.12. The van der Waals surface area contributed by atoms with E-state index in [1.165, 1.54) is 12.4 Å². The third-order valence-electron chi connectivity index (χ3n) is 3.46. The monoisotopic (exact) mass is 342 g/mol. The van der Waals surface area contributed by atoms with Crippen molar-refractivity contribution in [2.24, 2.45) is 0 Å². The molecule has 1 heterocycles. The summed E-state index contributed by atoms with van der Waals surface area (Å²) in [5.74, 6) is 1.10. The second kappa shape index (κ2) is 7.75. The van der Waals surface area contributed by atoms with Crippen molar-refractivity contribution in [2.75, 3.05) is 17.2 Å². The van der Waals surface area contributed by atoms with Gasteiger partial charge in [-0.05, 0) is 30.2 Å². The highest BCUT2D eigenvalue weighted by Gasteiger charge is 2.04. The molecular weight excluding hydrogens is 327 g/mol. The second-order valence-electron chi connectivity index (χ2n) is 5.16. The molecule has 4 nitrogen and oxygen atoms in total. The molecule has 0 unspecified atom stereocenters. The van der Waals surface area contributed by atoms with Crippen molar-refractivity contribution >= 4 is 28.9 Å². The van der Waals surface area contributed by atoms with Crippen LogP contribution in [0, 0.1) is 5.82 Å². The molecule has 0 radical (unpaired) electrons. The predicted octanol–water partition coefficient (Wildman–Crippen LogP) is 4.67. The van der Waals surface area contributed by atoms with Crippen LogP contribution in [0.5, 0.6) is 0 Å². The third-order valence-corrected chi connectivity index (χ3v) is 3.79. The van der Waals surface area contributed by atoms with Crippen LogP contribution in [0.1, 0.15) is 5.56 Å². The van der Waals surface area contributed by atoms with E-state index in [-0.39, 0.29) is 5.82 Å². The van der Waals surface area contributed by atoms with E-state index in [1.54, 1.807) is 24.3 Å². The van der Waals surface area contributed by atoms with Crippen LogP contribution in [0.15, 0.2) is 60.9 Å². The number of halogens is 2. The first-order chi connectivity index (χ1) is 11.7. The molecule has 2 N–H and O–H groups in total. The smallest absolute Gasteiger partial charge is 0.135 e. The number of anilines is 3. The summed E-state index contributed by atoms with van der Waals surface area (Å²) in [6.45, 7) is 0.573. The van der Waals surface area contributed by atoms with Crippen molar-refractivity contribution in [1.82, 2.24) is 9.97 Å². The molecule has 0 aliphatic carbocycles. The van der Waals surface area contributed by atoms with Crippen molar-refractivity contribution in [3.63, 3.8) is 0 Å². The minimum Gasteiger partial charge on any atom is -0.370 e. The summed E-state index contributed by atoms with van der Waals surface area (Å²) in [4.78, 5) is 8.34. The zero-order valence-electron chi connectivity index (χ0n) is 12.8. The van der Waals surface area contributed by atoms with Gasteiger partial charge in [-0.3, -0.25) is 0 Å². The van der Waals surface area contributed by atoms with Gasteiger partial charge in [0.1, 0.15) is 23.8 Å². The van der Waals surface area contributed by atoms with Crippen LogP contribution >= 0.6 is 11.6 Å². The maximum absolute atomic E-state index is 13.6. The molecule has 0 amide bonds. The lowest BCUT2D eigenvalue weighted by atomic mass is 10.1. The highest BCUT2D eigenvalue weighted by molar-refractivity contribution is 6.33. The average molecular weight is 343 g/mol. The minimum absolute atomic E-state index is 0.192. The summed E-state index contributed by atoms with van der Waals surface area (Å²) in [6.07, 6.45) is 2.04. The number of aromatic nitrogens is 2. The van der Waals surface area contributed by atoms with E-state index in [9.17, 15) is 4.39 Å². The van der Waals surface area contributed by atoms with E-state index in [0.717, 1.165) is 5.69 Å². The Morgan fingerprint density at radius 2 is 1.71 bits per heavy atom. The van der Waals surface area contributed by atoms with E-state index < -0.39 is 0 Å². The minimum atomic E-state index is -0.192. The first-order valence-electron chi connectivity index (χ1n) is 7.53. The predicted molar refractivity (Wildman–Crippen MR) is 95.4 cm³/mol. The van der Waals surface area contributed by atoms with E-state index in [0.29, 0.717) is 35.2 Å². The fourth-order valence-corrected chi connectivity index (χ4v) is 2.43. The topological polar surface area (TPSA) is 49.8 Å². The van der Waals surface area contributed by atoms with Gasteiger partial charge in [0.25, 0.3) is 0 Å². The molecule has 0 atom stereocenters. The molecule has 0 aliphatic rings. The van der Waals surface area contributed by atoms with Crippen molar-refractivity contribution in [3.8, 4) is 0 Å². The Hall–Kier alpha value is -2.66. The third kappa shape index (κ3) is 4.20. The van der Waals surface area contributed by atoms with E-state index in [2.05, 4.69) is 20.6 Å². The number of hydrogen-bond acceptors (Lipinski definition) is 4. The SMILES string of the molecule is Fc1ccccc1CCNc1cc(Nc2ccccc2Cl)ncn1. The molecule has 0 spiro atoms. The lowest BCUT2D eigenvalue weighted by Gasteiger charge is -2.10. The molecule has 1 aromatic heterocycles. The number of para-hydroxylation sites is 1. The van der Waals surface area contributed by atoms with Crippen LogP contribution in [-0.4, -0.2) is 16.5 Å². The molecule has 3 rings (SSSR count). The summed E-state index contributed by atoms with van der Waals surface area (Å²) in [7, 11) is 0. The van der Waals surface area contributed by atoms with Crippen LogP contribution < -0.4 is 10.6 Å². The zero-order chi connectivity index (χ0) is 16.8. The Morgan fingerprint density at radius 3 is 2.54 bits per heavy atom. The van der Waals surface area contributed by atoms with Crippen molar-refractivity contribution in [2.45, 2.75) is 6.42 Å². The molecule has 0 bridgehead atoms. The van der Waals surface area contributed by atoms with Gasteiger partial charge in [0.15, 0.2) is 0 Å². The van der Waals surface area contributed by atoms with E-state index in [4.69, 9.17) is 11.6 Å². The van der Waals surface area contributed by atoms with E-state index >= 15 is 0 Å². The molecule has 0 aliphatic heterocycles. The van der Waals surface area contributed by atoms with Gasteiger partial charge in [0.05, 0.1) is 10.7 Å². The molecule has 0 saturated carbocycles. The van der Waals surface area contributed by atoms with E-state index in [1.807, 2.05) is 24.3 Å². The Labute approximate surface area is 144 Å². The first-order valence-corrected chi connectivity index (χ1v) is 7.91. The molecule has 0 saturated heterocycles. The maximum atomic E-state index is 13.6. The largest absolute Gasteiger partial charge is 0.370 e. The lowest BCUT2D eigenvalue weighted by Crippen LogP contribution is -2.08. The standard InChI is InChI=1S/C18H16ClFN4/c19-14-6-2-4-8-16(14)24-18-11-17(22-12-23-18)21-10-9-13-5-1-3-7-15(13)20/h1-8,11-12H,9-10H2,(H2,21,22,23,24). The first kappa shape index (κ1) is 16.2. The quantitative estimate of drug-likeness (QED) is 0.683. The number of nitrogens with one attached hydrogen (secondary N) is 2. The van der Waals surface area contributed by atoms with Crippen LogP contribution in [0.4, 0.5) is 21.7 Å². The molecule has 24 heavy (non-hydrogen) atoms. The molecule has 122 valence electrons. The van der Waals surface area contributed by atoms with Gasteiger partial charge < -0.3 is 10.6 Å². The Morgan fingerprint density at radius 1 is 0.958 bits per heavy atom. The van der Waals surface area contributed by atoms with Crippen LogP contribution in [0.25, 0.3) is 0 Å². The van der Waals surface area contributed by atoms with Gasteiger partial charge in [-0.1, -0.05) is 41.9 Å². The number of nitrogens with zero attached hydrogens (tertiary/aromatic N) is 2. The molecular formula is C18H16ClFN4. The van der Waals surface area contributed by atoms with Crippen molar-refractivity contribution < 1.29 is 4.39 Å². The maximum Gasteiger partial charge on any atom is 0.135 e. The van der Waals surface area contributed by atoms with Crippen molar-refractivity contribution in [1.29, 1.82) is 0 Å². The number of hydrogen-bond donors (Lipinski definition) is 2. The Balaban J connectivity index is 1.61. The summed E-state index contributed by atoms with van der Waals surface area (Å²) in [5, 5.41) is 6.93. The van der Waals surface area contributed by atoms with Crippen molar-refractivity contribution in [3.05, 3.63) is 77.3 Å². The van der Waals surface area contributed by atoms with Crippen LogP contribution in [0.2, 0.25) is 5.02 Å². The number of benzene rings is 2. The molecule has 3 aromatic rings. The summed E-state index contributed by atoms with van der Waals surface area (Å²) in [5.41, 5.74) is 1.45. The Bertz CT molecular complexity index is 825. The zero-order valence-corrected chi connectivity index (χ0v) is 13.6. The Kier molecular flexibility index (Phi) is 5.23. The molecule has 6 heteroatoms. The van der Waals surface area contributed by atoms with Gasteiger partial charge in [-0.15, -0.1) is 0 Å². The number of rotatable bonds is 6. The van der Waals surface area contributed by atoms with Gasteiger partial charge in [0.2, 0.25) is 0 Å². The fraction of sp³-hybridized carbons (Fsp3) is 0.111. The normalized spacial score (nSPS) is 10.4. The highest BCUT2D eigenvalue weighted by Crippen LogP contribution is 2.24. The second-order valence-corrected chi connectivity index (χ2v) is 5.57. The van der Waals surface area contributed by atoms with Gasteiger partial charge in [-0.2, -0.15) is 0 Å². The summed E-state index contributed by atoms with van der Waals surface area (Å²) < 4.78 is 13.6. The fourth-order valence-electron chi connectivity index (χ4n) is 2.25. The lowest BCUT2D eigenvalue weighted by molar-refractivity contribution is 0.610. The highest BCUT2D eigenvalue weighted by atomic mass is 35.5.